The van der Waals surface area contributed by atoms with Crippen LogP contribution < -0.4 is 10.0 Å². The van der Waals surface area contributed by atoms with Crippen LogP contribution in [0.4, 0.5) is 0 Å². The van der Waals surface area contributed by atoms with E-state index in [1.807, 2.05) is 19.1 Å². The van der Waals surface area contributed by atoms with Crippen LogP contribution in [0.15, 0.2) is 24.3 Å². The molecule has 1 rings (SSSR count). The molecule has 0 aliphatic carbocycles. The second kappa shape index (κ2) is 6.51. The summed E-state index contributed by atoms with van der Waals surface area (Å²) in [6, 6.07) is 7.34. The molecule has 0 aliphatic heterocycles. The minimum Gasteiger partial charge on any atom is -0.355 e. The first kappa shape index (κ1) is 14.7. The molecule has 0 heterocycles. The first-order valence-corrected chi connectivity index (χ1v) is 7.31. The highest BCUT2D eigenvalue weighted by molar-refractivity contribution is 7.88. The predicted octanol–water partition coefficient (Wildman–Crippen LogP) is 0.551. The maximum atomic E-state index is 11.7. The molecule has 0 atom stereocenters. The SMILES string of the molecule is CC(=O)NCCNS(=O)(=O)Cc1ccc(C)cc1. The average Bonchev–Trinajstić information content (AvgIpc) is 2.27. The lowest BCUT2D eigenvalue weighted by molar-refractivity contribution is -0.118. The summed E-state index contributed by atoms with van der Waals surface area (Å²) in [4.78, 5) is 10.6. The van der Waals surface area contributed by atoms with E-state index in [1.165, 1.54) is 6.92 Å². The molecule has 0 aromatic heterocycles. The zero-order valence-corrected chi connectivity index (χ0v) is 11.4. The smallest absolute Gasteiger partial charge is 0.216 e. The van der Waals surface area contributed by atoms with E-state index in [0.29, 0.717) is 6.54 Å². The van der Waals surface area contributed by atoms with E-state index in [0.717, 1.165) is 11.1 Å². The Bertz CT molecular complexity index is 495. The molecule has 1 aromatic rings. The van der Waals surface area contributed by atoms with Gasteiger partial charge in [-0.1, -0.05) is 29.8 Å². The molecule has 2 N–H and O–H groups in total. The number of sulfonamides is 1. The van der Waals surface area contributed by atoms with Crippen molar-refractivity contribution in [2.45, 2.75) is 19.6 Å². The van der Waals surface area contributed by atoms with Crippen molar-refractivity contribution in [1.29, 1.82) is 0 Å². The van der Waals surface area contributed by atoms with E-state index >= 15 is 0 Å². The Balaban J connectivity index is 2.44. The number of hydrogen-bond donors (Lipinski definition) is 2. The monoisotopic (exact) mass is 270 g/mol. The Labute approximate surface area is 108 Å². The minimum absolute atomic E-state index is 0.0483. The van der Waals surface area contributed by atoms with Crippen LogP contribution in [0.1, 0.15) is 18.1 Å². The molecule has 6 heteroatoms. The molecule has 100 valence electrons. The molecule has 0 bridgehead atoms. The van der Waals surface area contributed by atoms with Gasteiger partial charge in [-0.05, 0) is 12.5 Å². The van der Waals surface area contributed by atoms with Gasteiger partial charge in [-0.15, -0.1) is 0 Å². The molecule has 0 spiro atoms. The van der Waals surface area contributed by atoms with E-state index in [4.69, 9.17) is 0 Å². The highest BCUT2D eigenvalue weighted by Crippen LogP contribution is 2.06. The number of aryl methyl sites for hydroxylation is 1. The Hall–Kier alpha value is -1.40. The molecule has 1 amide bonds. The molecule has 1 aromatic carbocycles. The summed E-state index contributed by atoms with van der Waals surface area (Å²) >= 11 is 0. The first-order valence-electron chi connectivity index (χ1n) is 5.66. The molecule has 0 fully saturated rings. The van der Waals surface area contributed by atoms with Crippen molar-refractivity contribution in [1.82, 2.24) is 10.0 Å². The van der Waals surface area contributed by atoms with E-state index in [-0.39, 0.29) is 18.2 Å². The van der Waals surface area contributed by atoms with Gasteiger partial charge in [0.15, 0.2) is 0 Å². The van der Waals surface area contributed by atoms with Crippen molar-refractivity contribution in [2.75, 3.05) is 13.1 Å². The van der Waals surface area contributed by atoms with Crippen LogP contribution in [-0.2, 0) is 20.6 Å². The summed E-state index contributed by atoms with van der Waals surface area (Å²) < 4.78 is 25.8. The lowest BCUT2D eigenvalue weighted by Crippen LogP contribution is -2.34. The summed E-state index contributed by atoms with van der Waals surface area (Å²) in [5, 5.41) is 2.52. The topological polar surface area (TPSA) is 75.3 Å². The molecule has 0 saturated heterocycles. The van der Waals surface area contributed by atoms with Crippen LogP contribution in [0.5, 0.6) is 0 Å². The number of benzene rings is 1. The fourth-order valence-electron chi connectivity index (χ4n) is 1.40. The number of carbonyl (C=O) groups is 1. The lowest BCUT2D eigenvalue weighted by atomic mass is 10.2. The summed E-state index contributed by atoms with van der Waals surface area (Å²) in [5.41, 5.74) is 1.84. The van der Waals surface area contributed by atoms with Gasteiger partial charge in [0.1, 0.15) is 0 Å². The summed E-state index contributed by atoms with van der Waals surface area (Å²) in [5.74, 6) is -0.222. The van der Waals surface area contributed by atoms with Gasteiger partial charge >= 0.3 is 0 Å². The fourth-order valence-corrected chi connectivity index (χ4v) is 2.55. The molecule has 18 heavy (non-hydrogen) atoms. The van der Waals surface area contributed by atoms with Crippen LogP contribution in [0.3, 0.4) is 0 Å². The van der Waals surface area contributed by atoms with Gasteiger partial charge in [0.05, 0.1) is 5.75 Å². The van der Waals surface area contributed by atoms with Gasteiger partial charge in [-0.3, -0.25) is 4.79 Å². The summed E-state index contributed by atoms with van der Waals surface area (Å²) in [6.07, 6.45) is 0. The molecule has 0 saturated carbocycles. The molecule has 0 aliphatic rings. The van der Waals surface area contributed by atoms with Crippen molar-refractivity contribution in [3.05, 3.63) is 35.4 Å². The summed E-state index contributed by atoms with van der Waals surface area (Å²) in [7, 11) is -3.35. The third-order valence-electron chi connectivity index (χ3n) is 2.30. The molecular weight excluding hydrogens is 252 g/mol. The van der Waals surface area contributed by atoms with E-state index < -0.39 is 10.0 Å². The predicted molar refractivity (Wildman–Crippen MR) is 70.5 cm³/mol. The Morgan fingerprint density at radius 1 is 1.17 bits per heavy atom. The number of rotatable bonds is 6. The zero-order chi connectivity index (χ0) is 13.6. The third kappa shape index (κ3) is 5.79. The van der Waals surface area contributed by atoms with Crippen LogP contribution in [-0.4, -0.2) is 27.4 Å². The van der Waals surface area contributed by atoms with Crippen LogP contribution in [0.25, 0.3) is 0 Å². The molecule has 0 radical (unpaired) electrons. The number of amides is 1. The largest absolute Gasteiger partial charge is 0.355 e. The van der Waals surface area contributed by atoms with Crippen LogP contribution in [0.2, 0.25) is 0 Å². The van der Waals surface area contributed by atoms with Crippen molar-refractivity contribution < 1.29 is 13.2 Å². The standard InChI is InChI=1S/C12H18N2O3S/c1-10-3-5-12(6-4-10)9-18(16,17)14-8-7-13-11(2)15/h3-6,14H,7-9H2,1-2H3,(H,13,15). The molecule has 0 unspecified atom stereocenters. The van der Waals surface area contributed by atoms with Gasteiger partial charge in [-0.2, -0.15) is 0 Å². The van der Waals surface area contributed by atoms with Crippen molar-refractivity contribution in [2.24, 2.45) is 0 Å². The van der Waals surface area contributed by atoms with Gasteiger partial charge in [0.2, 0.25) is 15.9 Å². The minimum atomic E-state index is -3.35. The van der Waals surface area contributed by atoms with Crippen LogP contribution in [0, 0.1) is 6.92 Å². The van der Waals surface area contributed by atoms with E-state index in [1.54, 1.807) is 12.1 Å². The lowest BCUT2D eigenvalue weighted by Gasteiger charge is -2.07. The number of hydrogen-bond acceptors (Lipinski definition) is 3. The van der Waals surface area contributed by atoms with Gasteiger partial charge in [0, 0.05) is 20.0 Å². The second-order valence-electron chi connectivity index (χ2n) is 4.12. The van der Waals surface area contributed by atoms with Crippen molar-refractivity contribution in [3.63, 3.8) is 0 Å². The van der Waals surface area contributed by atoms with Crippen LogP contribution >= 0.6 is 0 Å². The van der Waals surface area contributed by atoms with Crippen molar-refractivity contribution >= 4 is 15.9 Å². The Morgan fingerprint density at radius 3 is 2.33 bits per heavy atom. The van der Waals surface area contributed by atoms with Gasteiger partial charge in [-0.25, -0.2) is 13.1 Å². The normalized spacial score (nSPS) is 11.2. The molecular formula is C12H18N2O3S. The number of nitrogens with one attached hydrogen (secondary N) is 2. The quantitative estimate of drug-likeness (QED) is 0.741. The number of carbonyl (C=O) groups excluding carboxylic acids is 1. The Morgan fingerprint density at radius 2 is 1.78 bits per heavy atom. The molecule has 5 nitrogen and oxygen atoms in total. The highest BCUT2D eigenvalue weighted by atomic mass is 32.2. The van der Waals surface area contributed by atoms with E-state index in [2.05, 4.69) is 10.0 Å². The maximum absolute atomic E-state index is 11.7. The third-order valence-corrected chi connectivity index (χ3v) is 3.66. The summed E-state index contributed by atoms with van der Waals surface area (Å²) in [6.45, 7) is 3.83. The van der Waals surface area contributed by atoms with Gasteiger partial charge in [0.25, 0.3) is 0 Å². The maximum Gasteiger partial charge on any atom is 0.216 e. The fraction of sp³-hybridized carbons (Fsp3) is 0.417. The first-order chi connectivity index (χ1) is 8.39. The zero-order valence-electron chi connectivity index (χ0n) is 10.6. The Kier molecular flexibility index (Phi) is 5.30. The van der Waals surface area contributed by atoms with Gasteiger partial charge < -0.3 is 5.32 Å². The second-order valence-corrected chi connectivity index (χ2v) is 5.93. The highest BCUT2D eigenvalue weighted by Gasteiger charge is 2.10. The average molecular weight is 270 g/mol. The van der Waals surface area contributed by atoms with Crippen molar-refractivity contribution in [3.8, 4) is 0 Å². The van der Waals surface area contributed by atoms with E-state index in [9.17, 15) is 13.2 Å².